The Morgan fingerprint density at radius 2 is 1.93 bits per heavy atom. The summed E-state index contributed by atoms with van der Waals surface area (Å²) in [4.78, 5) is 46.1. The Balaban J connectivity index is 1.30. The molecule has 9 nitrogen and oxygen atoms in total. The van der Waals surface area contributed by atoms with Crippen molar-refractivity contribution in [1.29, 1.82) is 0 Å². The second-order valence-electron chi connectivity index (χ2n) is 11.4. The topological polar surface area (TPSA) is 121 Å². The number of nitrogens with zero attached hydrogens (tertiary/aromatic N) is 2. The number of rotatable bonds is 5. The maximum Gasteiger partial charge on any atom is 0.330 e. The van der Waals surface area contributed by atoms with Gasteiger partial charge in [0, 0.05) is 24.1 Å². The summed E-state index contributed by atoms with van der Waals surface area (Å²) in [5, 5.41) is 16.2. The van der Waals surface area contributed by atoms with E-state index in [0.29, 0.717) is 18.0 Å². The number of anilines is 1. The Hall–Kier alpha value is -4.06. The summed E-state index contributed by atoms with van der Waals surface area (Å²) in [6, 6.07) is 8.67. The first-order valence-corrected chi connectivity index (χ1v) is 15.3. The number of carboxylic acid groups (broad SMARTS) is 1. The highest BCUT2D eigenvalue weighted by Gasteiger charge is 2.61. The Labute approximate surface area is 250 Å². The molecule has 0 bridgehead atoms. The van der Waals surface area contributed by atoms with E-state index in [4.69, 9.17) is 4.74 Å². The quantitative estimate of drug-likeness (QED) is 0.352. The van der Waals surface area contributed by atoms with E-state index >= 15 is 0 Å². The number of aromatic nitrogens is 1. The van der Waals surface area contributed by atoms with Gasteiger partial charge < -0.3 is 25.4 Å². The summed E-state index contributed by atoms with van der Waals surface area (Å²) in [7, 11) is 0. The fraction of sp³-hybridized carbons (Fsp3) is 0.419. The number of carboxylic acids is 1. The molecule has 3 aromatic rings. The second kappa shape index (κ2) is 11.9. The van der Waals surface area contributed by atoms with Crippen LogP contribution in [0.4, 0.5) is 14.5 Å². The van der Waals surface area contributed by atoms with Crippen molar-refractivity contribution in [3.05, 3.63) is 66.3 Å². The minimum atomic E-state index is -1.43. The Morgan fingerprint density at radius 3 is 2.70 bits per heavy atom. The van der Waals surface area contributed by atoms with Crippen molar-refractivity contribution in [2.45, 2.75) is 68.7 Å². The number of nitrogens with one attached hydrogen (secondary N) is 2. The van der Waals surface area contributed by atoms with Gasteiger partial charge in [0.25, 0.3) is 5.19 Å². The second-order valence-corrected chi connectivity index (χ2v) is 12.4. The van der Waals surface area contributed by atoms with E-state index in [9.17, 15) is 28.3 Å². The zero-order chi connectivity index (χ0) is 30.1. The number of hydrogen-bond acceptors (Lipinski definition) is 7. The van der Waals surface area contributed by atoms with Gasteiger partial charge in [0.15, 0.2) is 0 Å². The lowest BCUT2D eigenvalue weighted by Crippen LogP contribution is -2.55. The highest BCUT2D eigenvalue weighted by molar-refractivity contribution is 7.20. The van der Waals surface area contributed by atoms with Crippen molar-refractivity contribution in [3.63, 3.8) is 0 Å². The highest BCUT2D eigenvalue weighted by atomic mass is 32.1. The SMILES string of the molecule is O=C1N[C@]2(C(=O)O)C[C@H]2C=CCCCCC[C@H](Nc2cc(F)cc(F)c2)C(=O)N2C[C@H](Oc3nc4ccccc4s3)C[C@@H]12. The lowest BCUT2D eigenvalue weighted by Gasteiger charge is -2.30. The van der Waals surface area contributed by atoms with Crippen LogP contribution >= 0.6 is 11.3 Å². The zero-order valence-corrected chi connectivity index (χ0v) is 24.1. The number of carbonyl (C=O) groups excluding carboxylic acids is 2. The van der Waals surface area contributed by atoms with Crippen LogP contribution in [0.25, 0.3) is 10.2 Å². The average molecular weight is 611 g/mol. The molecule has 226 valence electrons. The molecule has 0 radical (unpaired) electrons. The van der Waals surface area contributed by atoms with Crippen molar-refractivity contribution in [2.24, 2.45) is 5.92 Å². The van der Waals surface area contributed by atoms with Gasteiger partial charge in [-0.05, 0) is 49.9 Å². The van der Waals surface area contributed by atoms with Gasteiger partial charge in [-0.1, -0.05) is 48.5 Å². The van der Waals surface area contributed by atoms with Crippen LogP contribution in [0.2, 0.25) is 0 Å². The highest BCUT2D eigenvalue weighted by Crippen LogP contribution is 2.45. The number of allylic oxidation sites excluding steroid dienone is 1. The lowest BCUT2D eigenvalue weighted by molar-refractivity contribution is -0.145. The fourth-order valence-electron chi connectivity index (χ4n) is 6.03. The molecule has 5 atom stereocenters. The number of hydrogen-bond donors (Lipinski definition) is 3. The van der Waals surface area contributed by atoms with Crippen LogP contribution in [0.5, 0.6) is 5.19 Å². The molecular formula is C31H32F2N4O5S. The van der Waals surface area contributed by atoms with Crippen molar-refractivity contribution < 1.29 is 33.0 Å². The van der Waals surface area contributed by atoms with Gasteiger partial charge in [0.1, 0.15) is 35.4 Å². The predicted molar refractivity (Wildman–Crippen MR) is 157 cm³/mol. The summed E-state index contributed by atoms with van der Waals surface area (Å²) in [6.45, 7) is 0.0614. The molecule has 3 N–H and O–H groups in total. The third-order valence-corrected chi connectivity index (χ3v) is 9.29. The first-order chi connectivity index (χ1) is 20.7. The van der Waals surface area contributed by atoms with Crippen LogP contribution in [0.3, 0.4) is 0 Å². The molecule has 2 amide bonds. The number of amides is 2. The summed E-state index contributed by atoms with van der Waals surface area (Å²) >= 11 is 1.36. The van der Waals surface area contributed by atoms with Gasteiger partial charge >= 0.3 is 5.97 Å². The maximum absolute atomic E-state index is 14.1. The van der Waals surface area contributed by atoms with E-state index in [1.165, 1.54) is 16.2 Å². The first-order valence-electron chi connectivity index (χ1n) is 14.5. The molecule has 2 fully saturated rings. The zero-order valence-electron chi connectivity index (χ0n) is 23.3. The largest absolute Gasteiger partial charge is 0.479 e. The molecule has 1 saturated carbocycles. The minimum Gasteiger partial charge on any atom is -0.479 e. The number of aliphatic carboxylic acids is 1. The van der Waals surface area contributed by atoms with E-state index in [1.807, 2.05) is 36.4 Å². The average Bonchev–Trinajstić information content (AvgIpc) is 3.28. The Bertz CT molecular complexity index is 1530. The van der Waals surface area contributed by atoms with Crippen LogP contribution in [-0.2, 0) is 14.4 Å². The van der Waals surface area contributed by atoms with Crippen LogP contribution in [-0.4, -0.2) is 63.0 Å². The van der Waals surface area contributed by atoms with Gasteiger partial charge in [-0.2, -0.15) is 0 Å². The van der Waals surface area contributed by atoms with E-state index in [2.05, 4.69) is 15.6 Å². The summed E-state index contributed by atoms with van der Waals surface area (Å²) in [6.07, 6.45) is 7.01. The molecule has 2 aliphatic heterocycles. The first kappa shape index (κ1) is 29.0. The van der Waals surface area contributed by atoms with Crippen molar-refractivity contribution in [2.75, 3.05) is 11.9 Å². The van der Waals surface area contributed by atoms with Crippen molar-refractivity contribution >= 4 is 45.0 Å². The molecule has 1 saturated heterocycles. The standard InChI is InChI=1S/C31H32F2N4O5S/c32-19-12-20(33)14-21(13-19)34-24-10-5-3-1-2-4-8-18-16-31(18,29(40)41)36-27(38)25-15-22(17-37(25)28(24)39)42-30-35-23-9-6-7-11-26(23)43-30/h4,6-9,11-14,18,22,24-25,34H,1-3,5,10,15-17H2,(H,36,38)(H,40,41)/t18-,22-,24+,25+,31-/m1/s1. The number of fused-ring (bicyclic) bond motifs is 3. The molecule has 3 heterocycles. The number of thiazole rings is 1. The third-order valence-electron chi connectivity index (χ3n) is 8.37. The number of para-hydroxylation sites is 1. The van der Waals surface area contributed by atoms with Gasteiger partial charge in [-0.25, -0.2) is 18.6 Å². The Morgan fingerprint density at radius 1 is 1.14 bits per heavy atom. The molecule has 0 unspecified atom stereocenters. The van der Waals surface area contributed by atoms with Gasteiger partial charge in [0.2, 0.25) is 11.8 Å². The molecule has 0 spiro atoms. The maximum atomic E-state index is 14.1. The third kappa shape index (κ3) is 6.20. The van der Waals surface area contributed by atoms with Crippen molar-refractivity contribution in [1.82, 2.24) is 15.2 Å². The Kier molecular flexibility index (Phi) is 8.04. The molecule has 2 aromatic carbocycles. The summed E-state index contributed by atoms with van der Waals surface area (Å²) in [5.41, 5.74) is -0.539. The van der Waals surface area contributed by atoms with Crippen LogP contribution in [0.15, 0.2) is 54.6 Å². The lowest BCUT2D eigenvalue weighted by atomic mass is 10.0. The predicted octanol–water partition coefficient (Wildman–Crippen LogP) is 4.88. The number of halogens is 2. The van der Waals surface area contributed by atoms with E-state index in [1.54, 1.807) is 0 Å². The molecule has 1 aromatic heterocycles. The van der Waals surface area contributed by atoms with Gasteiger partial charge in [-0.3, -0.25) is 9.59 Å². The fourth-order valence-corrected chi connectivity index (χ4v) is 6.91. The summed E-state index contributed by atoms with van der Waals surface area (Å²) < 4.78 is 35.1. The smallest absolute Gasteiger partial charge is 0.330 e. The van der Waals surface area contributed by atoms with Gasteiger partial charge in [0.05, 0.1) is 16.8 Å². The number of carbonyl (C=O) groups is 3. The van der Waals surface area contributed by atoms with E-state index < -0.39 is 53.1 Å². The number of ether oxygens (including phenoxy) is 1. The minimum absolute atomic E-state index is 0.0614. The van der Waals surface area contributed by atoms with Crippen LogP contribution in [0.1, 0.15) is 44.9 Å². The molecule has 1 aliphatic carbocycles. The normalized spacial score (nSPS) is 27.9. The molecule has 6 rings (SSSR count). The van der Waals surface area contributed by atoms with Gasteiger partial charge in [-0.15, -0.1) is 0 Å². The van der Waals surface area contributed by atoms with Crippen LogP contribution < -0.4 is 15.4 Å². The van der Waals surface area contributed by atoms with E-state index in [-0.39, 0.29) is 31.0 Å². The monoisotopic (exact) mass is 610 g/mol. The van der Waals surface area contributed by atoms with E-state index in [0.717, 1.165) is 47.7 Å². The van der Waals surface area contributed by atoms with Crippen molar-refractivity contribution in [3.8, 4) is 5.19 Å². The molecular weight excluding hydrogens is 578 g/mol. The van der Waals surface area contributed by atoms with Crippen LogP contribution in [0, 0.1) is 17.6 Å². The molecule has 43 heavy (non-hydrogen) atoms. The number of benzene rings is 2. The summed E-state index contributed by atoms with van der Waals surface area (Å²) in [5.74, 6) is -4.01. The molecule has 12 heteroatoms. The molecule has 3 aliphatic rings.